The maximum Gasteiger partial charge on any atom is 0.219 e. The van der Waals surface area contributed by atoms with Gasteiger partial charge in [-0.15, -0.1) is 0 Å². The van der Waals surface area contributed by atoms with Crippen LogP contribution in [0.4, 0.5) is 5.82 Å². The Balaban J connectivity index is 2.09. The van der Waals surface area contributed by atoms with Crippen LogP contribution in [0.3, 0.4) is 0 Å². The van der Waals surface area contributed by atoms with Gasteiger partial charge in [0.05, 0.1) is 4.47 Å². The Morgan fingerprint density at radius 3 is 2.88 bits per heavy atom. The molecule has 6 heteroatoms. The molecule has 0 spiro atoms. The van der Waals surface area contributed by atoms with E-state index in [-0.39, 0.29) is 5.91 Å². The second-order valence-corrected chi connectivity index (χ2v) is 4.90. The molecule has 0 radical (unpaired) electrons. The number of anilines is 1. The molecule has 17 heavy (non-hydrogen) atoms. The third-order valence-electron chi connectivity index (χ3n) is 2.89. The molecule has 1 amide bonds. The first kappa shape index (κ1) is 12.3. The maximum absolute atomic E-state index is 11.3. The quantitative estimate of drug-likeness (QED) is 0.784. The minimum atomic E-state index is 0.147. The number of carbonyl (C=O) groups excluding carboxylic acids is 1. The number of nitrogens with zero attached hydrogens (tertiary/aromatic N) is 4. The van der Waals surface area contributed by atoms with E-state index < -0.39 is 0 Å². The van der Waals surface area contributed by atoms with E-state index in [1.807, 2.05) is 4.90 Å². The number of carbonyl (C=O) groups is 1. The Morgan fingerprint density at radius 1 is 1.35 bits per heavy atom. The van der Waals surface area contributed by atoms with Crippen molar-refractivity contribution < 1.29 is 4.79 Å². The highest BCUT2D eigenvalue weighted by molar-refractivity contribution is 9.10. The maximum atomic E-state index is 11.3. The molecule has 0 aromatic carbocycles. The monoisotopic (exact) mass is 298 g/mol. The molecular weight excluding hydrogens is 284 g/mol. The van der Waals surface area contributed by atoms with Crippen molar-refractivity contribution in [1.29, 1.82) is 0 Å². The van der Waals surface area contributed by atoms with Crippen molar-refractivity contribution in [3.8, 4) is 0 Å². The molecule has 0 atom stereocenters. The molecule has 1 aromatic rings. The van der Waals surface area contributed by atoms with Crippen LogP contribution in [0, 0.1) is 0 Å². The lowest BCUT2D eigenvalue weighted by atomic mass is 10.4. The van der Waals surface area contributed by atoms with Crippen LogP contribution in [0.25, 0.3) is 0 Å². The number of aromatic nitrogens is 2. The summed E-state index contributed by atoms with van der Waals surface area (Å²) >= 11 is 3.45. The van der Waals surface area contributed by atoms with Crippen molar-refractivity contribution in [2.45, 2.75) is 13.3 Å². The van der Waals surface area contributed by atoms with Crippen molar-refractivity contribution in [2.75, 3.05) is 31.1 Å². The zero-order valence-corrected chi connectivity index (χ0v) is 11.4. The summed E-state index contributed by atoms with van der Waals surface area (Å²) in [5.41, 5.74) is 0. The predicted octanol–water partition coefficient (Wildman–Crippen LogP) is 1.30. The van der Waals surface area contributed by atoms with Crippen molar-refractivity contribution in [2.24, 2.45) is 0 Å². The van der Waals surface area contributed by atoms with Crippen LogP contribution >= 0.6 is 15.9 Å². The SMILES string of the molecule is CC(=O)N1CCCN(c2ncncc2Br)CC1. The van der Waals surface area contributed by atoms with Crippen molar-refractivity contribution in [3.05, 3.63) is 17.0 Å². The Hall–Kier alpha value is -1.17. The summed E-state index contributed by atoms with van der Waals surface area (Å²) in [6, 6.07) is 0. The molecule has 1 aromatic heterocycles. The fourth-order valence-corrected chi connectivity index (χ4v) is 2.45. The lowest BCUT2D eigenvalue weighted by molar-refractivity contribution is -0.128. The van der Waals surface area contributed by atoms with Gasteiger partial charge in [0.25, 0.3) is 0 Å². The van der Waals surface area contributed by atoms with E-state index in [1.165, 1.54) is 0 Å². The molecule has 1 aliphatic rings. The highest BCUT2D eigenvalue weighted by atomic mass is 79.9. The highest BCUT2D eigenvalue weighted by Crippen LogP contribution is 2.22. The number of hydrogen-bond acceptors (Lipinski definition) is 4. The largest absolute Gasteiger partial charge is 0.354 e. The number of rotatable bonds is 1. The number of halogens is 1. The molecule has 0 saturated carbocycles. The van der Waals surface area contributed by atoms with E-state index in [0.29, 0.717) is 0 Å². The van der Waals surface area contributed by atoms with Gasteiger partial charge < -0.3 is 9.80 Å². The Morgan fingerprint density at radius 2 is 2.18 bits per heavy atom. The minimum absolute atomic E-state index is 0.147. The molecule has 0 bridgehead atoms. The van der Waals surface area contributed by atoms with Gasteiger partial charge in [0.2, 0.25) is 5.91 Å². The van der Waals surface area contributed by atoms with Crippen molar-refractivity contribution in [3.63, 3.8) is 0 Å². The van der Waals surface area contributed by atoms with Gasteiger partial charge in [0.1, 0.15) is 12.1 Å². The van der Waals surface area contributed by atoms with Crippen LogP contribution in [-0.4, -0.2) is 47.0 Å². The first-order chi connectivity index (χ1) is 8.18. The van der Waals surface area contributed by atoms with Crippen LogP contribution in [0.5, 0.6) is 0 Å². The van der Waals surface area contributed by atoms with Gasteiger partial charge in [-0.05, 0) is 22.4 Å². The molecule has 0 N–H and O–H groups in total. The normalized spacial score (nSPS) is 16.8. The zero-order chi connectivity index (χ0) is 12.3. The smallest absolute Gasteiger partial charge is 0.219 e. The molecule has 0 unspecified atom stereocenters. The van der Waals surface area contributed by atoms with Gasteiger partial charge in [-0.1, -0.05) is 0 Å². The van der Waals surface area contributed by atoms with Gasteiger partial charge in [0.15, 0.2) is 0 Å². The lowest BCUT2D eigenvalue weighted by Gasteiger charge is -2.22. The third kappa shape index (κ3) is 2.94. The molecule has 2 rings (SSSR count). The van der Waals surface area contributed by atoms with Crippen molar-refractivity contribution in [1.82, 2.24) is 14.9 Å². The van der Waals surface area contributed by atoms with Crippen molar-refractivity contribution >= 4 is 27.7 Å². The fraction of sp³-hybridized carbons (Fsp3) is 0.545. The van der Waals surface area contributed by atoms with E-state index in [9.17, 15) is 4.79 Å². The molecule has 92 valence electrons. The van der Waals surface area contributed by atoms with E-state index in [2.05, 4.69) is 30.8 Å². The standard InChI is InChI=1S/C11H15BrN4O/c1-9(17)15-3-2-4-16(6-5-15)11-10(12)7-13-8-14-11/h7-8H,2-6H2,1H3. The summed E-state index contributed by atoms with van der Waals surface area (Å²) in [6.07, 6.45) is 4.26. The van der Waals surface area contributed by atoms with Gasteiger partial charge in [-0.25, -0.2) is 9.97 Å². The van der Waals surface area contributed by atoms with Gasteiger partial charge in [-0.3, -0.25) is 4.79 Å². The highest BCUT2D eigenvalue weighted by Gasteiger charge is 2.18. The topological polar surface area (TPSA) is 49.3 Å². The molecular formula is C11H15BrN4O. The molecule has 1 saturated heterocycles. The average molecular weight is 299 g/mol. The molecule has 1 aliphatic heterocycles. The second kappa shape index (κ2) is 5.44. The summed E-state index contributed by atoms with van der Waals surface area (Å²) in [4.78, 5) is 23.6. The van der Waals surface area contributed by atoms with Crippen LogP contribution in [0.15, 0.2) is 17.0 Å². The predicted molar refractivity (Wildman–Crippen MR) is 68.8 cm³/mol. The Bertz CT molecular complexity index is 412. The molecule has 2 heterocycles. The van der Waals surface area contributed by atoms with Crippen LogP contribution in [0.1, 0.15) is 13.3 Å². The van der Waals surface area contributed by atoms with E-state index >= 15 is 0 Å². The minimum Gasteiger partial charge on any atom is -0.354 e. The number of hydrogen-bond donors (Lipinski definition) is 0. The summed E-state index contributed by atoms with van der Waals surface area (Å²) in [5, 5.41) is 0. The Labute approximate surface area is 109 Å². The van der Waals surface area contributed by atoms with E-state index in [1.54, 1.807) is 19.4 Å². The van der Waals surface area contributed by atoms with Crippen LogP contribution < -0.4 is 4.90 Å². The first-order valence-electron chi connectivity index (χ1n) is 5.64. The van der Waals surface area contributed by atoms with Gasteiger partial charge >= 0.3 is 0 Å². The molecule has 5 nitrogen and oxygen atoms in total. The lowest BCUT2D eigenvalue weighted by Crippen LogP contribution is -2.34. The number of amides is 1. The second-order valence-electron chi connectivity index (χ2n) is 4.04. The molecule has 0 aliphatic carbocycles. The van der Waals surface area contributed by atoms with E-state index in [0.717, 1.165) is 42.9 Å². The fourth-order valence-electron chi connectivity index (χ4n) is 1.98. The summed E-state index contributed by atoms with van der Waals surface area (Å²) < 4.78 is 0.899. The van der Waals surface area contributed by atoms with Gasteiger partial charge in [0, 0.05) is 39.3 Å². The summed E-state index contributed by atoms with van der Waals surface area (Å²) in [6.45, 7) is 4.94. The molecule has 1 fully saturated rings. The van der Waals surface area contributed by atoms with Gasteiger partial charge in [-0.2, -0.15) is 0 Å². The zero-order valence-electron chi connectivity index (χ0n) is 9.77. The first-order valence-corrected chi connectivity index (χ1v) is 6.44. The van der Waals surface area contributed by atoms with E-state index in [4.69, 9.17) is 0 Å². The van der Waals surface area contributed by atoms with Crippen LogP contribution in [0.2, 0.25) is 0 Å². The Kier molecular flexibility index (Phi) is 3.93. The van der Waals surface area contributed by atoms with Crippen LogP contribution in [-0.2, 0) is 4.79 Å². The third-order valence-corrected chi connectivity index (χ3v) is 3.45. The summed E-state index contributed by atoms with van der Waals surface area (Å²) in [5.74, 6) is 1.05. The average Bonchev–Trinajstić information content (AvgIpc) is 2.55. The summed E-state index contributed by atoms with van der Waals surface area (Å²) in [7, 11) is 0.